The molecule has 0 bridgehead atoms. The van der Waals surface area contributed by atoms with Crippen molar-refractivity contribution in [3.8, 4) is 11.1 Å². The molecule has 2 heterocycles. The molecule has 0 fully saturated rings. The second-order valence-corrected chi connectivity index (χ2v) is 7.42. The number of aliphatic hydroxyl groups excluding tert-OH is 1. The zero-order chi connectivity index (χ0) is 20.2. The molecule has 0 radical (unpaired) electrons. The lowest BCUT2D eigenvalue weighted by atomic mass is 10.1. The number of aliphatic hydroxyl groups is 1. The van der Waals surface area contributed by atoms with E-state index in [9.17, 15) is 9.50 Å². The summed E-state index contributed by atoms with van der Waals surface area (Å²) in [5, 5.41) is 16.7. The van der Waals surface area contributed by atoms with Crippen LogP contribution in [0.25, 0.3) is 21.3 Å². The van der Waals surface area contributed by atoms with E-state index in [2.05, 4.69) is 20.7 Å². The lowest BCUT2D eigenvalue weighted by molar-refractivity contribution is 0.178. The summed E-state index contributed by atoms with van der Waals surface area (Å²) in [6.45, 7) is 0.526. The fourth-order valence-corrected chi connectivity index (χ4v) is 4.10. The maximum atomic E-state index is 13.1. The third-order valence-electron chi connectivity index (χ3n) is 4.56. The van der Waals surface area contributed by atoms with E-state index in [1.54, 1.807) is 30.6 Å². The van der Waals surface area contributed by atoms with E-state index in [1.807, 2.05) is 30.3 Å². The van der Waals surface area contributed by atoms with Crippen molar-refractivity contribution < 1.29 is 14.2 Å². The van der Waals surface area contributed by atoms with Gasteiger partial charge in [0.2, 0.25) is 0 Å². The van der Waals surface area contributed by atoms with Gasteiger partial charge in [-0.2, -0.15) is 0 Å². The Kier molecular flexibility index (Phi) is 5.80. The summed E-state index contributed by atoms with van der Waals surface area (Å²) < 4.78 is 18.3. The minimum Gasteiger partial charge on any atom is -0.387 e. The minimum atomic E-state index is -0.801. The number of hydrogen-bond acceptors (Lipinski definition) is 6. The Morgan fingerprint density at radius 3 is 2.59 bits per heavy atom. The third kappa shape index (κ3) is 4.27. The quantitative estimate of drug-likeness (QED) is 0.459. The molecule has 0 spiro atoms. The van der Waals surface area contributed by atoms with Crippen molar-refractivity contribution in [1.82, 2.24) is 9.97 Å². The maximum absolute atomic E-state index is 13.1. The van der Waals surface area contributed by atoms with E-state index in [1.165, 1.54) is 12.1 Å². The monoisotopic (exact) mass is 409 g/mol. The number of hydrogen-bond donors (Lipinski definition) is 2. The second-order valence-electron chi connectivity index (χ2n) is 6.57. The molecule has 0 unspecified atom stereocenters. The summed E-state index contributed by atoms with van der Waals surface area (Å²) in [5.74, 6) is 0.880. The number of ether oxygens (including phenoxy) is 1. The Morgan fingerprint density at radius 1 is 1.10 bits per heavy atom. The largest absolute Gasteiger partial charge is 0.387 e. The van der Waals surface area contributed by atoms with Gasteiger partial charge in [0.25, 0.3) is 0 Å². The number of halogens is 1. The van der Waals surface area contributed by atoms with E-state index in [0.29, 0.717) is 23.8 Å². The summed E-state index contributed by atoms with van der Waals surface area (Å²) in [6, 6.07) is 15.9. The van der Waals surface area contributed by atoms with Crippen molar-refractivity contribution in [1.29, 1.82) is 0 Å². The van der Waals surface area contributed by atoms with E-state index >= 15 is 0 Å². The number of anilines is 1. The smallest absolute Gasteiger partial charge is 0.158 e. The van der Waals surface area contributed by atoms with E-state index in [0.717, 1.165) is 21.3 Å². The molecule has 0 saturated carbocycles. The Morgan fingerprint density at radius 2 is 1.86 bits per heavy atom. The zero-order valence-electron chi connectivity index (χ0n) is 15.8. The lowest BCUT2D eigenvalue weighted by Crippen LogP contribution is -2.14. The summed E-state index contributed by atoms with van der Waals surface area (Å²) in [6.07, 6.45) is -0.801. The first kappa shape index (κ1) is 19.4. The molecule has 0 aliphatic carbocycles. The molecule has 148 valence electrons. The van der Waals surface area contributed by atoms with Gasteiger partial charge < -0.3 is 15.2 Å². The molecule has 2 N–H and O–H groups in total. The van der Waals surface area contributed by atoms with E-state index in [4.69, 9.17) is 4.74 Å². The van der Waals surface area contributed by atoms with Gasteiger partial charge in [-0.1, -0.05) is 42.5 Å². The Balaban J connectivity index is 1.69. The van der Waals surface area contributed by atoms with Gasteiger partial charge in [0.15, 0.2) is 5.82 Å². The Bertz CT molecular complexity index is 1100. The molecule has 29 heavy (non-hydrogen) atoms. The summed E-state index contributed by atoms with van der Waals surface area (Å²) in [7, 11) is 1.60. The molecule has 7 heteroatoms. The molecule has 4 aromatic rings. The number of benzene rings is 2. The van der Waals surface area contributed by atoms with Crippen molar-refractivity contribution in [2.75, 3.05) is 19.0 Å². The predicted octanol–water partition coefficient (Wildman–Crippen LogP) is 4.79. The molecule has 2 aromatic heterocycles. The fourth-order valence-electron chi connectivity index (χ4n) is 3.13. The SMILES string of the molecule is COCc1nc(NC[C@@H](O)c2ccc(F)cc2)c2c(-c3ccccc3)csc2n1. The van der Waals surface area contributed by atoms with Crippen LogP contribution in [0, 0.1) is 5.82 Å². The Labute approximate surface area is 171 Å². The van der Waals surface area contributed by atoms with Crippen LogP contribution in [0.15, 0.2) is 60.0 Å². The summed E-state index contributed by atoms with van der Waals surface area (Å²) in [4.78, 5) is 10.1. The average Bonchev–Trinajstić information content (AvgIpc) is 3.17. The average molecular weight is 409 g/mol. The zero-order valence-corrected chi connectivity index (χ0v) is 16.6. The van der Waals surface area contributed by atoms with Gasteiger partial charge >= 0.3 is 0 Å². The topological polar surface area (TPSA) is 67.3 Å². The number of methoxy groups -OCH3 is 1. The Hall–Kier alpha value is -2.87. The molecule has 0 aliphatic heterocycles. The number of aromatic nitrogens is 2. The van der Waals surface area contributed by atoms with Crippen LogP contribution in [0.3, 0.4) is 0 Å². The minimum absolute atomic E-state index is 0.230. The summed E-state index contributed by atoms with van der Waals surface area (Å²) >= 11 is 1.54. The predicted molar refractivity (Wildman–Crippen MR) is 113 cm³/mol. The molecular weight excluding hydrogens is 389 g/mol. The molecule has 5 nitrogen and oxygen atoms in total. The number of rotatable bonds is 7. The van der Waals surface area contributed by atoms with Crippen LogP contribution in [-0.2, 0) is 11.3 Å². The van der Waals surface area contributed by atoms with Crippen LogP contribution in [0.2, 0.25) is 0 Å². The molecule has 2 aromatic carbocycles. The molecule has 1 atom stereocenters. The van der Waals surface area contributed by atoms with Crippen molar-refractivity contribution >= 4 is 27.4 Å². The number of fused-ring (bicyclic) bond motifs is 1. The molecule has 0 aliphatic rings. The molecular formula is C22H20FN3O2S. The van der Waals surface area contributed by atoms with Gasteiger partial charge in [-0.05, 0) is 23.3 Å². The van der Waals surface area contributed by atoms with Crippen molar-refractivity contribution in [2.24, 2.45) is 0 Å². The van der Waals surface area contributed by atoms with Gasteiger partial charge in [0.05, 0.1) is 11.5 Å². The van der Waals surface area contributed by atoms with Crippen LogP contribution in [0.4, 0.5) is 10.2 Å². The van der Waals surface area contributed by atoms with Crippen molar-refractivity contribution in [2.45, 2.75) is 12.7 Å². The normalized spacial score (nSPS) is 12.2. The van der Waals surface area contributed by atoms with Gasteiger partial charge in [-0.3, -0.25) is 0 Å². The van der Waals surface area contributed by atoms with E-state index in [-0.39, 0.29) is 12.4 Å². The van der Waals surface area contributed by atoms with Crippen LogP contribution >= 0.6 is 11.3 Å². The van der Waals surface area contributed by atoms with Crippen LogP contribution in [0.1, 0.15) is 17.5 Å². The van der Waals surface area contributed by atoms with Crippen molar-refractivity contribution in [3.63, 3.8) is 0 Å². The highest BCUT2D eigenvalue weighted by Gasteiger charge is 2.17. The number of thiophene rings is 1. The van der Waals surface area contributed by atoms with Crippen molar-refractivity contribution in [3.05, 3.63) is 77.2 Å². The van der Waals surface area contributed by atoms with Gasteiger partial charge in [0, 0.05) is 24.6 Å². The highest BCUT2D eigenvalue weighted by Crippen LogP contribution is 2.37. The maximum Gasteiger partial charge on any atom is 0.158 e. The number of nitrogens with zero attached hydrogens (tertiary/aromatic N) is 2. The summed E-state index contributed by atoms with van der Waals surface area (Å²) in [5.41, 5.74) is 2.74. The van der Waals surface area contributed by atoms with Gasteiger partial charge in [0.1, 0.15) is 23.1 Å². The molecule has 0 amide bonds. The van der Waals surface area contributed by atoms with Crippen LogP contribution < -0.4 is 5.32 Å². The lowest BCUT2D eigenvalue weighted by Gasteiger charge is -2.15. The first-order chi connectivity index (χ1) is 14.2. The second kappa shape index (κ2) is 8.65. The number of nitrogens with one attached hydrogen (secondary N) is 1. The van der Waals surface area contributed by atoms with Crippen LogP contribution in [0.5, 0.6) is 0 Å². The fraction of sp³-hybridized carbons (Fsp3) is 0.182. The molecule has 4 rings (SSSR count). The van der Waals surface area contributed by atoms with Crippen LogP contribution in [-0.4, -0.2) is 28.7 Å². The first-order valence-corrected chi connectivity index (χ1v) is 10.0. The highest BCUT2D eigenvalue weighted by molar-refractivity contribution is 7.17. The standard InChI is InChI=1S/C22H20FN3O2S/c1-28-12-19-25-21(24-11-18(27)15-7-9-16(23)10-8-15)20-17(13-29-22(20)26-19)14-5-3-2-4-6-14/h2-10,13,18,27H,11-12H2,1H3,(H,24,25,26)/t18-/m1/s1. The van der Waals surface area contributed by atoms with Gasteiger partial charge in [-0.25, -0.2) is 14.4 Å². The van der Waals surface area contributed by atoms with Gasteiger partial charge in [-0.15, -0.1) is 11.3 Å². The first-order valence-electron chi connectivity index (χ1n) is 9.15. The highest BCUT2D eigenvalue weighted by atomic mass is 32.1. The van der Waals surface area contributed by atoms with E-state index < -0.39 is 6.10 Å². The third-order valence-corrected chi connectivity index (χ3v) is 5.43. The molecule has 0 saturated heterocycles.